The number of halogens is 1. The minimum absolute atomic E-state index is 0.0541. The molecule has 2 nitrogen and oxygen atoms in total. The normalized spacial score (nSPS) is 16.6. The Labute approximate surface area is 111 Å². The summed E-state index contributed by atoms with van der Waals surface area (Å²) in [5.41, 5.74) is 3.37. The zero-order valence-electron chi connectivity index (χ0n) is 10.3. The maximum Gasteiger partial charge on any atom is 0.251 e. The number of amides is 1. The first-order valence-electron chi connectivity index (χ1n) is 5.98. The van der Waals surface area contributed by atoms with Gasteiger partial charge in [0.2, 0.25) is 0 Å². The molecule has 92 valence electrons. The van der Waals surface area contributed by atoms with Crippen molar-refractivity contribution >= 4 is 21.8 Å². The summed E-state index contributed by atoms with van der Waals surface area (Å²) in [6, 6.07) is 5.87. The summed E-state index contributed by atoms with van der Waals surface area (Å²) in [5, 5.41) is 4.03. The molecule has 1 aromatic carbocycles. The molecule has 0 radical (unpaired) electrons. The van der Waals surface area contributed by atoms with Gasteiger partial charge in [0.1, 0.15) is 0 Å². The number of carbonyl (C=O) groups is 1. The first-order chi connectivity index (χ1) is 8.08. The molecule has 0 aromatic heterocycles. The second kappa shape index (κ2) is 4.81. The maximum absolute atomic E-state index is 12.1. The number of benzene rings is 1. The first-order valence-corrected chi connectivity index (χ1v) is 7.10. The number of hydrogen-bond acceptors (Lipinski definition) is 1. The molecule has 1 aliphatic rings. The van der Waals surface area contributed by atoms with Crippen LogP contribution in [-0.2, 0) is 0 Å². The standard InChI is InChI=1S/C14H18BrNO/c1-10-4-3-5-12(11(10)2)13(17)16-9-14(8-15)6-7-14/h3-5H,6-9H2,1-2H3,(H,16,17). The molecule has 1 aromatic rings. The van der Waals surface area contributed by atoms with Crippen LogP contribution >= 0.6 is 15.9 Å². The fourth-order valence-electron chi connectivity index (χ4n) is 1.89. The van der Waals surface area contributed by atoms with E-state index in [2.05, 4.69) is 21.2 Å². The van der Waals surface area contributed by atoms with E-state index in [-0.39, 0.29) is 5.91 Å². The zero-order chi connectivity index (χ0) is 12.5. The van der Waals surface area contributed by atoms with Gasteiger partial charge in [0.25, 0.3) is 5.91 Å². The molecule has 1 fully saturated rings. The van der Waals surface area contributed by atoms with Gasteiger partial charge in [0, 0.05) is 17.4 Å². The fourth-order valence-corrected chi connectivity index (χ4v) is 2.65. The summed E-state index contributed by atoms with van der Waals surface area (Å²) in [7, 11) is 0. The molecule has 1 aliphatic carbocycles. The van der Waals surface area contributed by atoms with Crippen LogP contribution in [-0.4, -0.2) is 17.8 Å². The van der Waals surface area contributed by atoms with Crippen LogP contribution in [0.25, 0.3) is 0 Å². The SMILES string of the molecule is Cc1cccc(C(=O)NCC2(CBr)CC2)c1C. The highest BCUT2D eigenvalue weighted by atomic mass is 79.9. The number of alkyl halides is 1. The highest BCUT2D eigenvalue weighted by Gasteiger charge is 2.41. The number of carbonyl (C=O) groups excluding carboxylic acids is 1. The van der Waals surface area contributed by atoms with Gasteiger partial charge in [0.15, 0.2) is 0 Å². The van der Waals surface area contributed by atoms with Crippen molar-refractivity contribution in [2.75, 3.05) is 11.9 Å². The van der Waals surface area contributed by atoms with Gasteiger partial charge in [-0.3, -0.25) is 4.79 Å². The highest BCUT2D eigenvalue weighted by Crippen LogP contribution is 2.46. The van der Waals surface area contributed by atoms with Gasteiger partial charge in [-0.05, 0) is 49.3 Å². The molecule has 17 heavy (non-hydrogen) atoms. The van der Waals surface area contributed by atoms with E-state index >= 15 is 0 Å². The highest BCUT2D eigenvalue weighted by molar-refractivity contribution is 9.09. The van der Waals surface area contributed by atoms with E-state index in [4.69, 9.17) is 0 Å². The number of nitrogens with one attached hydrogen (secondary N) is 1. The van der Waals surface area contributed by atoms with Crippen LogP contribution < -0.4 is 5.32 Å². The van der Waals surface area contributed by atoms with Crippen LogP contribution in [0, 0.1) is 19.3 Å². The Balaban J connectivity index is 2.02. The third-order valence-corrected chi connectivity index (χ3v) is 4.90. The van der Waals surface area contributed by atoms with Gasteiger partial charge >= 0.3 is 0 Å². The smallest absolute Gasteiger partial charge is 0.251 e. The van der Waals surface area contributed by atoms with Crippen molar-refractivity contribution < 1.29 is 4.79 Å². The largest absolute Gasteiger partial charge is 0.351 e. The predicted octanol–water partition coefficient (Wildman–Crippen LogP) is 3.21. The van der Waals surface area contributed by atoms with E-state index in [9.17, 15) is 4.79 Å². The van der Waals surface area contributed by atoms with E-state index in [0.717, 1.165) is 23.0 Å². The van der Waals surface area contributed by atoms with Crippen LogP contribution in [0.15, 0.2) is 18.2 Å². The molecule has 0 spiro atoms. The third kappa shape index (κ3) is 2.71. The fraction of sp³-hybridized carbons (Fsp3) is 0.500. The van der Waals surface area contributed by atoms with E-state index in [1.165, 1.54) is 18.4 Å². The van der Waals surface area contributed by atoms with Crippen molar-refractivity contribution in [3.63, 3.8) is 0 Å². The van der Waals surface area contributed by atoms with E-state index in [1.807, 2.05) is 32.0 Å². The van der Waals surface area contributed by atoms with Crippen molar-refractivity contribution in [3.8, 4) is 0 Å². The lowest BCUT2D eigenvalue weighted by Gasteiger charge is -2.14. The van der Waals surface area contributed by atoms with Gasteiger partial charge in [-0.15, -0.1) is 0 Å². The molecule has 0 heterocycles. The van der Waals surface area contributed by atoms with Crippen molar-refractivity contribution in [2.24, 2.45) is 5.41 Å². The Morgan fingerprint density at radius 2 is 2.12 bits per heavy atom. The van der Waals surface area contributed by atoms with Crippen molar-refractivity contribution in [1.82, 2.24) is 5.32 Å². The van der Waals surface area contributed by atoms with Crippen molar-refractivity contribution in [3.05, 3.63) is 34.9 Å². The zero-order valence-corrected chi connectivity index (χ0v) is 11.9. The molecule has 1 saturated carbocycles. The van der Waals surface area contributed by atoms with Gasteiger partial charge in [-0.25, -0.2) is 0 Å². The number of rotatable bonds is 4. The first kappa shape index (κ1) is 12.6. The Hall–Kier alpha value is -0.830. The quantitative estimate of drug-likeness (QED) is 0.849. The third-order valence-electron chi connectivity index (χ3n) is 3.71. The average Bonchev–Trinajstić information content (AvgIpc) is 3.10. The summed E-state index contributed by atoms with van der Waals surface area (Å²) >= 11 is 3.51. The predicted molar refractivity (Wildman–Crippen MR) is 73.7 cm³/mol. The summed E-state index contributed by atoms with van der Waals surface area (Å²) < 4.78 is 0. The molecule has 0 aliphatic heterocycles. The minimum Gasteiger partial charge on any atom is -0.351 e. The van der Waals surface area contributed by atoms with Gasteiger partial charge in [0.05, 0.1) is 0 Å². The molecule has 0 atom stereocenters. The van der Waals surface area contributed by atoms with E-state index in [0.29, 0.717) is 5.41 Å². The molecule has 3 heteroatoms. The molecule has 1 N–H and O–H groups in total. The molecule has 1 amide bonds. The Morgan fingerprint density at radius 1 is 1.41 bits per heavy atom. The summed E-state index contributed by atoms with van der Waals surface area (Å²) in [6.45, 7) is 4.82. The lowest BCUT2D eigenvalue weighted by Crippen LogP contribution is -2.31. The molecular weight excluding hydrogens is 278 g/mol. The van der Waals surface area contributed by atoms with Crippen LogP contribution in [0.1, 0.15) is 34.3 Å². The lowest BCUT2D eigenvalue weighted by molar-refractivity contribution is 0.0946. The van der Waals surface area contributed by atoms with Gasteiger partial charge < -0.3 is 5.32 Å². The Morgan fingerprint density at radius 3 is 2.71 bits per heavy atom. The monoisotopic (exact) mass is 295 g/mol. The van der Waals surface area contributed by atoms with E-state index < -0.39 is 0 Å². The molecule has 0 saturated heterocycles. The lowest BCUT2D eigenvalue weighted by atomic mass is 10.0. The second-order valence-electron chi connectivity index (χ2n) is 5.06. The van der Waals surface area contributed by atoms with Crippen LogP contribution in [0.4, 0.5) is 0 Å². The van der Waals surface area contributed by atoms with Crippen molar-refractivity contribution in [2.45, 2.75) is 26.7 Å². The second-order valence-corrected chi connectivity index (χ2v) is 5.62. The van der Waals surface area contributed by atoms with Crippen LogP contribution in [0.3, 0.4) is 0 Å². The maximum atomic E-state index is 12.1. The number of aryl methyl sites for hydroxylation is 1. The van der Waals surface area contributed by atoms with E-state index in [1.54, 1.807) is 0 Å². The molecular formula is C14H18BrNO. The Kier molecular flexibility index (Phi) is 3.57. The van der Waals surface area contributed by atoms with Gasteiger partial charge in [-0.1, -0.05) is 28.1 Å². The molecule has 0 unspecified atom stereocenters. The molecule has 2 rings (SSSR count). The summed E-state index contributed by atoms with van der Waals surface area (Å²) in [4.78, 5) is 12.1. The topological polar surface area (TPSA) is 29.1 Å². The van der Waals surface area contributed by atoms with Crippen LogP contribution in [0.5, 0.6) is 0 Å². The number of hydrogen-bond donors (Lipinski definition) is 1. The Bertz CT molecular complexity index is 438. The van der Waals surface area contributed by atoms with Gasteiger partial charge in [-0.2, -0.15) is 0 Å². The summed E-state index contributed by atoms with van der Waals surface area (Å²) in [6.07, 6.45) is 2.43. The molecule has 0 bridgehead atoms. The average molecular weight is 296 g/mol. The summed E-state index contributed by atoms with van der Waals surface area (Å²) in [5.74, 6) is 0.0541. The minimum atomic E-state index is 0.0541. The van der Waals surface area contributed by atoms with Crippen LogP contribution in [0.2, 0.25) is 0 Å². The van der Waals surface area contributed by atoms with Crippen molar-refractivity contribution in [1.29, 1.82) is 0 Å².